The van der Waals surface area contributed by atoms with E-state index in [4.69, 9.17) is 5.11 Å². The normalized spacial score (nSPS) is 11.1. The number of carboxylic acid groups (broad SMARTS) is 1. The average molecular weight is 347 g/mol. The maximum Gasteiger partial charge on any atom is 0.320 e. The summed E-state index contributed by atoms with van der Waals surface area (Å²) in [7, 11) is 0. The van der Waals surface area contributed by atoms with Gasteiger partial charge in [-0.25, -0.2) is 9.78 Å². The second-order valence-corrected chi connectivity index (χ2v) is 7.16. The molecule has 0 saturated carbocycles. The lowest BCUT2D eigenvalue weighted by Gasteiger charge is -2.25. The van der Waals surface area contributed by atoms with Gasteiger partial charge < -0.3 is 10.4 Å². The molecule has 0 atom stereocenters. The molecule has 1 aromatic heterocycles. The molecule has 0 bridgehead atoms. The van der Waals surface area contributed by atoms with Crippen LogP contribution in [0.1, 0.15) is 32.4 Å². The number of nitrogens with zero attached hydrogens (tertiary/aromatic N) is 1. The number of benzene rings is 1. The molecule has 0 aliphatic rings. The Labute approximate surface area is 144 Å². The van der Waals surface area contributed by atoms with E-state index < -0.39 is 11.5 Å². The number of carbonyl (C=O) groups excluding carboxylic acids is 1. The molecule has 0 fully saturated rings. The van der Waals surface area contributed by atoms with Crippen LogP contribution in [0.15, 0.2) is 30.3 Å². The maximum atomic E-state index is 12.2. The Morgan fingerprint density at radius 1 is 1.25 bits per heavy atom. The Balaban J connectivity index is 2.02. The van der Waals surface area contributed by atoms with Crippen LogP contribution in [-0.4, -0.2) is 27.6 Å². The van der Waals surface area contributed by atoms with Gasteiger partial charge in [-0.3, -0.25) is 10.1 Å². The van der Waals surface area contributed by atoms with Crippen molar-refractivity contribution < 1.29 is 14.7 Å². The molecule has 3 N–H and O–H groups in total. The molecule has 0 aliphatic carbocycles. The van der Waals surface area contributed by atoms with Gasteiger partial charge in [0.1, 0.15) is 10.0 Å². The number of urea groups is 1. The summed E-state index contributed by atoms with van der Waals surface area (Å²) in [6, 6.07) is 9.40. The molecule has 0 saturated heterocycles. The smallest absolute Gasteiger partial charge is 0.320 e. The largest absolute Gasteiger partial charge is 0.481 e. The van der Waals surface area contributed by atoms with E-state index in [0.29, 0.717) is 11.4 Å². The van der Waals surface area contributed by atoms with E-state index in [9.17, 15) is 9.59 Å². The third-order valence-electron chi connectivity index (χ3n) is 3.46. The number of anilines is 1. The molecule has 2 amide bonds. The lowest BCUT2D eigenvalue weighted by molar-refractivity contribution is -0.137. The zero-order valence-electron chi connectivity index (χ0n) is 13.9. The molecule has 1 aromatic carbocycles. The minimum absolute atomic E-state index is 0.00498. The summed E-state index contributed by atoms with van der Waals surface area (Å²) in [5, 5.41) is 15.9. The summed E-state index contributed by atoms with van der Waals surface area (Å²) in [4.78, 5) is 27.3. The van der Waals surface area contributed by atoms with Crippen LogP contribution in [0, 0.1) is 6.92 Å². The molecule has 0 aliphatic heterocycles. The Morgan fingerprint density at radius 3 is 2.54 bits per heavy atom. The molecule has 128 valence electrons. The van der Waals surface area contributed by atoms with E-state index in [1.54, 1.807) is 13.8 Å². The van der Waals surface area contributed by atoms with Gasteiger partial charge in [0.05, 0.1) is 5.69 Å². The highest BCUT2D eigenvalue weighted by atomic mass is 32.1. The van der Waals surface area contributed by atoms with Gasteiger partial charge in [-0.15, -0.1) is 0 Å². The van der Waals surface area contributed by atoms with Crippen LogP contribution in [0.25, 0.3) is 10.6 Å². The fraction of sp³-hybridized carbons (Fsp3) is 0.353. The predicted molar refractivity (Wildman–Crippen MR) is 95.4 cm³/mol. The van der Waals surface area contributed by atoms with Crippen molar-refractivity contribution in [1.29, 1.82) is 0 Å². The number of aryl methyl sites for hydroxylation is 1. The van der Waals surface area contributed by atoms with Gasteiger partial charge in [0.25, 0.3) is 0 Å². The van der Waals surface area contributed by atoms with Crippen molar-refractivity contribution in [3.63, 3.8) is 0 Å². The molecule has 0 unspecified atom stereocenters. The highest BCUT2D eigenvalue weighted by Crippen LogP contribution is 2.31. The van der Waals surface area contributed by atoms with Gasteiger partial charge in [0.15, 0.2) is 0 Å². The molecule has 24 heavy (non-hydrogen) atoms. The van der Waals surface area contributed by atoms with E-state index >= 15 is 0 Å². The molecule has 7 heteroatoms. The summed E-state index contributed by atoms with van der Waals surface area (Å²) in [6.45, 7) is 5.43. The Morgan fingerprint density at radius 2 is 1.92 bits per heavy atom. The van der Waals surface area contributed by atoms with Crippen LogP contribution >= 0.6 is 11.3 Å². The van der Waals surface area contributed by atoms with Gasteiger partial charge in [-0.05, 0) is 27.2 Å². The van der Waals surface area contributed by atoms with Crippen molar-refractivity contribution in [3.8, 4) is 10.6 Å². The van der Waals surface area contributed by atoms with Crippen molar-refractivity contribution >= 4 is 28.3 Å². The zero-order valence-corrected chi connectivity index (χ0v) is 14.7. The topological polar surface area (TPSA) is 91.3 Å². The van der Waals surface area contributed by atoms with Crippen molar-refractivity contribution in [1.82, 2.24) is 10.3 Å². The summed E-state index contributed by atoms with van der Waals surface area (Å²) in [5.41, 5.74) is 1.14. The number of nitrogens with one attached hydrogen (secondary N) is 2. The van der Waals surface area contributed by atoms with Gasteiger partial charge in [0.2, 0.25) is 0 Å². The van der Waals surface area contributed by atoms with Crippen LogP contribution in [0.4, 0.5) is 9.80 Å². The van der Waals surface area contributed by atoms with Gasteiger partial charge >= 0.3 is 12.0 Å². The minimum atomic E-state index is -0.879. The first-order valence-electron chi connectivity index (χ1n) is 7.61. The summed E-state index contributed by atoms with van der Waals surface area (Å²) < 4.78 is 0. The number of rotatable bonds is 6. The Hall–Kier alpha value is -2.41. The number of carboxylic acids is 1. The second kappa shape index (κ2) is 7.44. The quantitative estimate of drug-likeness (QED) is 0.739. The molecule has 0 radical (unpaired) electrons. The third-order valence-corrected chi connectivity index (χ3v) is 4.58. The van der Waals surface area contributed by atoms with Gasteiger partial charge in [0, 0.05) is 17.5 Å². The first kappa shape index (κ1) is 17.9. The first-order chi connectivity index (χ1) is 11.3. The lowest BCUT2D eigenvalue weighted by Crippen LogP contribution is -2.45. The SMILES string of the molecule is Cc1nc(-c2ccccc2)sc1NC(=O)NC(C)(C)CCC(=O)O. The standard InChI is InChI=1S/C17H21N3O3S/c1-11-14(24-15(18-11)12-7-5-4-6-8-12)19-16(23)20-17(2,3)10-9-13(21)22/h4-8H,9-10H2,1-3H3,(H,21,22)(H2,19,20,23). The number of aliphatic carboxylic acids is 1. The maximum absolute atomic E-state index is 12.2. The van der Waals surface area contributed by atoms with Gasteiger partial charge in [-0.1, -0.05) is 41.7 Å². The first-order valence-corrected chi connectivity index (χ1v) is 8.42. The average Bonchev–Trinajstić information content (AvgIpc) is 2.87. The molecule has 6 nitrogen and oxygen atoms in total. The number of thiazole rings is 1. The highest BCUT2D eigenvalue weighted by molar-refractivity contribution is 7.19. The minimum Gasteiger partial charge on any atom is -0.481 e. The van der Waals surface area contributed by atoms with Crippen LogP contribution in [0.5, 0.6) is 0 Å². The number of hydrogen-bond donors (Lipinski definition) is 3. The van der Waals surface area contributed by atoms with Crippen LogP contribution < -0.4 is 10.6 Å². The van der Waals surface area contributed by atoms with Crippen molar-refractivity contribution in [2.45, 2.75) is 39.2 Å². The predicted octanol–water partition coefficient (Wildman–Crippen LogP) is 3.88. The number of aromatic nitrogens is 1. The van der Waals surface area contributed by atoms with E-state index in [-0.39, 0.29) is 12.5 Å². The fourth-order valence-corrected chi connectivity index (χ4v) is 3.11. The van der Waals surface area contributed by atoms with Crippen LogP contribution in [0.3, 0.4) is 0 Å². The van der Waals surface area contributed by atoms with Crippen LogP contribution in [-0.2, 0) is 4.79 Å². The lowest BCUT2D eigenvalue weighted by atomic mass is 9.99. The Kier molecular flexibility index (Phi) is 5.56. The molecular formula is C17H21N3O3S. The third kappa shape index (κ3) is 5.06. The highest BCUT2D eigenvalue weighted by Gasteiger charge is 2.22. The molecular weight excluding hydrogens is 326 g/mol. The van der Waals surface area contributed by atoms with E-state index in [0.717, 1.165) is 16.3 Å². The molecule has 2 aromatic rings. The second-order valence-electron chi connectivity index (χ2n) is 6.16. The van der Waals surface area contributed by atoms with Crippen molar-refractivity contribution in [3.05, 3.63) is 36.0 Å². The van der Waals surface area contributed by atoms with Crippen LogP contribution in [0.2, 0.25) is 0 Å². The monoisotopic (exact) mass is 347 g/mol. The molecule has 0 spiro atoms. The van der Waals surface area contributed by atoms with Gasteiger partial charge in [-0.2, -0.15) is 0 Å². The molecule has 2 rings (SSSR count). The Bertz CT molecular complexity index is 726. The zero-order chi connectivity index (χ0) is 17.7. The number of amides is 2. The number of carbonyl (C=O) groups is 2. The summed E-state index contributed by atoms with van der Waals surface area (Å²) in [6.07, 6.45) is 0.359. The van der Waals surface area contributed by atoms with Crippen molar-refractivity contribution in [2.75, 3.05) is 5.32 Å². The fourth-order valence-electron chi connectivity index (χ4n) is 2.14. The van der Waals surface area contributed by atoms with Crippen molar-refractivity contribution in [2.24, 2.45) is 0 Å². The number of hydrogen-bond acceptors (Lipinski definition) is 4. The summed E-state index contributed by atoms with van der Waals surface area (Å²) >= 11 is 1.41. The summed E-state index contributed by atoms with van der Waals surface area (Å²) in [5.74, 6) is -0.879. The van der Waals surface area contributed by atoms with E-state index in [1.165, 1.54) is 11.3 Å². The van der Waals surface area contributed by atoms with E-state index in [1.807, 2.05) is 37.3 Å². The molecule has 1 heterocycles. The van der Waals surface area contributed by atoms with E-state index in [2.05, 4.69) is 15.6 Å².